The molecular weight excluding hydrogens is 338 g/mol. The third-order valence-electron chi connectivity index (χ3n) is 3.79. The van der Waals surface area contributed by atoms with Gasteiger partial charge in [-0.2, -0.15) is 0 Å². The van der Waals surface area contributed by atoms with Crippen LogP contribution in [0.3, 0.4) is 0 Å². The number of nitrogens with zero attached hydrogens (tertiary/aromatic N) is 1. The topological polar surface area (TPSA) is 39.1 Å². The molecule has 0 N–H and O–H groups in total. The van der Waals surface area contributed by atoms with Crippen molar-refractivity contribution in [1.82, 2.24) is 4.57 Å². The summed E-state index contributed by atoms with van der Waals surface area (Å²) in [5.74, 6) is -0.0695. The third kappa shape index (κ3) is 3.32. The van der Waals surface area contributed by atoms with Crippen molar-refractivity contribution in [1.29, 1.82) is 0 Å². The van der Waals surface area contributed by atoms with Crippen LogP contribution in [0.4, 0.5) is 0 Å². The summed E-state index contributed by atoms with van der Waals surface area (Å²) >= 11 is 2.74. The number of benzene rings is 1. The fourth-order valence-electron chi connectivity index (χ4n) is 2.44. The molecule has 0 aliphatic heterocycles. The second-order valence-electron chi connectivity index (χ2n) is 5.66. The number of aromatic nitrogens is 1. The van der Waals surface area contributed by atoms with Gasteiger partial charge in [0.05, 0.1) is 9.41 Å². The quantitative estimate of drug-likeness (QED) is 0.678. The van der Waals surface area contributed by atoms with Crippen LogP contribution in [0.25, 0.3) is 12.2 Å². The van der Waals surface area contributed by atoms with Crippen LogP contribution in [0.5, 0.6) is 0 Å². The van der Waals surface area contributed by atoms with Gasteiger partial charge in [0.25, 0.3) is 5.56 Å². The molecule has 0 radical (unpaired) electrons. The molecule has 0 saturated heterocycles. The summed E-state index contributed by atoms with van der Waals surface area (Å²) in [5, 5.41) is 1.87. The lowest BCUT2D eigenvalue weighted by molar-refractivity contribution is 0.106. The SMILES string of the molecule is Cc1ccc(/C=c2\s/c(=C\C(=O)c3cccs3)n(C)c2=O)c(C)c1. The Morgan fingerprint density at radius 1 is 1.21 bits per heavy atom. The highest BCUT2D eigenvalue weighted by Gasteiger charge is 2.06. The first-order chi connectivity index (χ1) is 11.5. The van der Waals surface area contributed by atoms with Crippen LogP contribution >= 0.6 is 22.7 Å². The second-order valence-corrected chi connectivity index (χ2v) is 7.67. The summed E-state index contributed by atoms with van der Waals surface area (Å²) in [4.78, 5) is 25.4. The molecule has 0 aliphatic carbocycles. The molecule has 0 bridgehead atoms. The van der Waals surface area contributed by atoms with E-state index in [0.29, 0.717) is 14.1 Å². The summed E-state index contributed by atoms with van der Waals surface area (Å²) in [6, 6.07) is 9.78. The van der Waals surface area contributed by atoms with Crippen molar-refractivity contribution in [2.24, 2.45) is 7.05 Å². The normalized spacial score (nSPS) is 12.8. The maximum Gasteiger partial charge on any atom is 0.268 e. The molecule has 24 heavy (non-hydrogen) atoms. The minimum Gasteiger partial charge on any atom is -0.302 e. The standard InChI is InChI=1S/C19H17NO2S2/c1-12-6-7-14(13(2)9-12)10-17-19(22)20(3)18(24-17)11-15(21)16-5-4-8-23-16/h4-11H,1-3H3/b17-10-,18-11-. The molecule has 0 saturated carbocycles. The highest BCUT2D eigenvalue weighted by Crippen LogP contribution is 2.11. The van der Waals surface area contributed by atoms with E-state index in [1.165, 1.54) is 38.9 Å². The van der Waals surface area contributed by atoms with Crippen LogP contribution in [0.2, 0.25) is 0 Å². The van der Waals surface area contributed by atoms with Gasteiger partial charge in [-0.1, -0.05) is 29.8 Å². The molecule has 0 spiro atoms. The van der Waals surface area contributed by atoms with Crippen molar-refractivity contribution in [3.05, 3.63) is 76.8 Å². The van der Waals surface area contributed by atoms with E-state index < -0.39 is 0 Å². The summed E-state index contributed by atoms with van der Waals surface area (Å²) < 4.78 is 2.83. The lowest BCUT2D eigenvalue weighted by atomic mass is 10.1. The number of aryl methyl sites for hydroxylation is 2. The molecule has 3 rings (SSSR count). The van der Waals surface area contributed by atoms with E-state index in [2.05, 4.69) is 6.07 Å². The molecule has 2 heterocycles. The van der Waals surface area contributed by atoms with Crippen molar-refractivity contribution in [3.63, 3.8) is 0 Å². The van der Waals surface area contributed by atoms with Crippen LogP contribution in [0, 0.1) is 13.8 Å². The monoisotopic (exact) mass is 355 g/mol. The smallest absolute Gasteiger partial charge is 0.268 e. The average Bonchev–Trinajstić information content (AvgIpc) is 3.16. The zero-order valence-corrected chi connectivity index (χ0v) is 15.3. The Morgan fingerprint density at radius 3 is 2.67 bits per heavy atom. The van der Waals surface area contributed by atoms with E-state index in [1.807, 2.05) is 43.5 Å². The Hall–Kier alpha value is -2.24. The van der Waals surface area contributed by atoms with Crippen molar-refractivity contribution in [3.8, 4) is 0 Å². The maximum absolute atomic E-state index is 12.5. The molecule has 3 nitrogen and oxygen atoms in total. The van der Waals surface area contributed by atoms with E-state index >= 15 is 0 Å². The molecular formula is C19H17NO2S2. The molecule has 0 fully saturated rings. The third-order valence-corrected chi connectivity index (χ3v) is 5.79. The molecule has 5 heteroatoms. The lowest BCUT2D eigenvalue weighted by Crippen LogP contribution is -2.29. The number of hydrogen-bond donors (Lipinski definition) is 0. The molecule has 2 aromatic heterocycles. The molecule has 122 valence electrons. The summed E-state index contributed by atoms with van der Waals surface area (Å²) in [7, 11) is 1.70. The van der Waals surface area contributed by atoms with Crippen LogP contribution in [-0.4, -0.2) is 10.4 Å². The van der Waals surface area contributed by atoms with Gasteiger partial charge < -0.3 is 4.57 Å². The molecule has 0 aliphatic rings. The van der Waals surface area contributed by atoms with Crippen LogP contribution < -0.4 is 14.8 Å². The number of hydrogen-bond acceptors (Lipinski definition) is 4. The summed E-state index contributed by atoms with van der Waals surface area (Å²) in [5.41, 5.74) is 3.27. The Morgan fingerprint density at radius 2 is 2.00 bits per heavy atom. The number of carbonyl (C=O) groups excluding carboxylic acids is 1. The zero-order chi connectivity index (χ0) is 17.3. The zero-order valence-electron chi connectivity index (χ0n) is 13.7. The Labute approximate surface area is 147 Å². The minimum absolute atomic E-state index is 0.0695. The summed E-state index contributed by atoms with van der Waals surface area (Å²) in [6.45, 7) is 4.08. The predicted molar refractivity (Wildman–Crippen MR) is 101 cm³/mol. The summed E-state index contributed by atoms with van der Waals surface area (Å²) in [6.07, 6.45) is 3.44. The fraction of sp³-hybridized carbons (Fsp3) is 0.158. The first kappa shape index (κ1) is 16.6. The fourth-order valence-corrected chi connectivity index (χ4v) is 4.10. The van der Waals surface area contributed by atoms with Gasteiger partial charge in [0.2, 0.25) is 0 Å². The first-order valence-corrected chi connectivity index (χ1v) is 9.19. The molecule has 0 atom stereocenters. The van der Waals surface area contributed by atoms with Crippen molar-refractivity contribution in [2.45, 2.75) is 13.8 Å². The number of rotatable bonds is 3. The second kappa shape index (κ2) is 6.71. The number of Topliss-reactive ketones (excluding diaryl/α,β-unsaturated/α-hetero) is 1. The van der Waals surface area contributed by atoms with Gasteiger partial charge in [0, 0.05) is 13.1 Å². The van der Waals surface area contributed by atoms with Crippen LogP contribution in [0.1, 0.15) is 26.4 Å². The van der Waals surface area contributed by atoms with Gasteiger partial charge >= 0.3 is 0 Å². The van der Waals surface area contributed by atoms with E-state index in [1.54, 1.807) is 13.1 Å². The highest BCUT2D eigenvalue weighted by atomic mass is 32.1. The van der Waals surface area contributed by atoms with Crippen molar-refractivity contribution in [2.75, 3.05) is 0 Å². The highest BCUT2D eigenvalue weighted by molar-refractivity contribution is 7.12. The molecule has 0 unspecified atom stereocenters. The van der Waals surface area contributed by atoms with Gasteiger partial charge in [0.15, 0.2) is 5.78 Å². The van der Waals surface area contributed by atoms with E-state index in [-0.39, 0.29) is 11.3 Å². The van der Waals surface area contributed by atoms with Crippen LogP contribution in [-0.2, 0) is 7.05 Å². The number of thiazole rings is 1. The van der Waals surface area contributed by atoms with Gasteiger partial charge in [-0.05, 0) is 42.5 Å². The van der Waals surface area contributed by atoms with Crippen LogP contribution in [0.15, 0.2) is 40.5 Å². The lowest BCUT2D eigenvalue weighted by Gasteiger charge is -2.00. The largest absolute Gasteiger partial charge is 0.302 e. The first-order valence-electron chi connectivity index (χ1n) is 7.50. The minimum atomic E-state index is -0.0785. The van der Waals surface area contributed by atoms with Gasteiger partial charge in [0.1, 0.15) is 4.66 Å². The van der Waals surface area contributed by atoms with Crippen molar-refractivity contribution < 1.29 is 4.79 Å². The van der Waals surface area contributed by atoms with Crippen molar-refractivity contribution >= 4 is 40.6 Å². The average molecular weight is 355 g/mol. The molecule has 3 aromatic rings. The van der Waals surface area contributed by atoms with E-state index in [4.69, 9.17) is 0 Å². The number of thiophene rings is 1. The Balaban J connectivity index is 2.11. The van der Waals surface area contributed by atoms with Gasteiger partial charge in [-0.25, -0.2) is 0 Å². The van der Waals surface area contributed by atoms with E-state index in [9.17, 15) is 9.59 Å². The number of carbonyl (C=O) groups is 1. The van der Waals surface area contributed by atoms with Gasteiger partial charge in [-0.3, -0.25) is 9.59 Å². The maximum atomic E-state index is 12.5. The van der Waals surface area contributed by atoms with E-state index in [0.717, 1.165) is 11.1 Å². The Kier molecular flexibility index (Phi) is 4.64. The molecule has 1 aromatic carbocycles. The Bertz CT molecular complexity index is 1070. The number of ketones is 1. The predicted octanol–water partition coefficient (Wildman–Crippen LogP) is 2.62. The molecule has 0 amide bonds. The van der Waals surface area contributed by atoms with Gasteiger partial charge in [-0.15, -0.1) is 22.7 Å².